The maximum atomic E-state index is 6.46. The molecule has 4 aromatic carbocycles. The summed E-state index contributed by atoms with van der Waals surface area (Å²) in [6, 6.07) is 34.2. The van der Waals surface area contributed by atoms with Gasteiger partial charge in [-0.2, -0.15) is 0 Å². The molecule has 1 aliphatic heterocycles. The van der Waals surface area contributed by atoms with Crippen LogP contribution in [0, 0.1) is 0 Å². The first kappa shape index (κ1) is 19.3. The Morgan fingerprint density at radius 1 is 0.833 bits per heavy atom. The number of benzene rings is 4. The molecule has 1 heterocycles. The summed E-state index contributed by atoms with van der Waals surface area (Å²) in [5, 5.41) is 2.44. The molecule has 1 aliphatic rings. The van der Waals surface area contributed by atoms with Gasteiger partial charge in [0.25, 0.3) is 0 Å². The molecule has 0 saturated heterocycles. The Kier molecular flexibility index (Phi) is 5.26. The van der Waals surface area contributed by atoms with E-state index in [0.29, 0.717) is 0 Å². The highest BCUT2D eigenvalue weighted by molar-refractivity contribution is 7.45. The molecular formula is C26H24NO2P. The molecule has 0 saturated carbocycles. The quantitative estimate of drug-likeness (QED) is 0.329. The van der Waals surface area contributed by atoms with E-state index in [1.165, 1.54) is 27.5 Å². The predicted molar refractivity (Wildman–Crippen MR) is 123 cm³/mol. The maximum Gasteiger partial charge on any atom is 0.322 e. The van der Waals surface area contributed by atoms with E-state index in [-0.39, 0.29) is 12.1 Å². The molecule has 4 aromatic rings. The van der Waals surface area contributed by atoms with Gasteiger partial charge < -0.3 is 9.05 Å². The molecular weight excluding hydrogens is 389 g/mol. The first-order valence-electron chi connectivity index (χ1n) is 10.2. The minimum Gasteiger partial charge on any atom is -0.435 e. The zero-order valence-electron chi connectivity index (χ0n) is 17.1. The Hall–Kier alpha value is -2.71. The third-order valence-electron chi connectivity index (χ3n) is 5.78. The Labute approximate surface area is 178 Å². The molecule has 0 spiro atoms. The molecule has 0 bridgehead atoms. The number of rotatable bonds is 4. The van der Waals surface area contributed by atoms with Crippen molar-refractivity contribution in [1.82, 2.24) is 4.67 Å². The van der Waals surface area contributed by atoms with Crippen LogP contribution in [0.5, 0.6) is 5.75 Å². The zero-order chi connectivity index (χ0) is 20.5. The number of fused-ring (bicyclic) bond motifs is 3. The van der Waals surface area contributed by atoms with Gasteiger partial charge in [0.1, 0.15) is 5.75 Å². The van der Waals surface area contributed by atoms with Gasteiger partial charge in [0.05, 0.1) is 6.04 Å². The van der Waals surface area contributed by atoms with Crippen molar-refractivity contribution in [3.63, 3.8) is 0 Å². The van der Waals surface area contributed by atoms with Crippen molar-refractivity contribution in [2.45, 2.75) is 19.0 Å². The molecule has 3 nitrogen and oxygen atoms in total. The lowest BCUT2D eigenvalue weighted by atomic mass is 9.91. The highest BCUT2D eigenvalue weighted by atomic mass is 31.2. The van der Waals surface area contributed by atoms with E-state index in [1.807, 2.05) is 0 Å². The highest BCUT2D eigenvalue weighted by Gasteiger charge is 2.42. The van der Waals surface area contributed by atoms with Crippen molar-refractivity contribution >= 4 is 19.3 Å². The van der Waals surface area contributed by atoms with Crippen LogP contribution in [0.4, 0.5) is 0 Å². The summed E-state index contributed by atoms with van der Waals surface area (Å²) in [5.74, 6) is 0.909. The van der Waals surface area contributed by atoms with Crippen LogP contribution >= 0.6 is 8.53 Å². The fourth-order valence-corrected chi connectivity index (χ4v) is 5.87. The zero-order valence-corrected chi connectivity index (χ0v) is 18.0. The summed E-state index contributed by atoms with van der Waals surface area (Å²) >= 11 is 0. The SMILES string of the molecule is COP1Oc2ccc3ccccc3c2[C@@H](c2ccccc2)N1[C@H](C)c1ccccc1. The summed E-state index contributed by atoms with van der Waals surface area (Å²) in [7, 11) is 0.473. The molecule has 0 N–H and O–H groups in total. The van der Waals surface area contributed by atoms with Crippen LogP contribution in [-0.2, 0) is 4.52 Å². The van der Waals surface area contributed by atoms with E-state index in [1.54, 1.807) is 7.11 Å². The third kappa shape index (κ3) is 3.30. The Bertz CT molecular complexity index is 1150. The topological polar surface area (TPSA) is 21.7 Å². The van der Waals surface area contributed by atoms with Gasteiger partial charge in [-0.1, -0.05) is 91.0 Å². The lowest BCUT2D eigenvalue weighted by molar-refractivity contribution is 0.219. The van der Waals surface area contributed by atoms with Crippen molar-refractivity contribution in [1.29, 1.82) is 0 Å². The summed E-state index contributed by atoms with van der Waals surface area (Å²) in [5.41, 5.74) is 3.69. The van der Waals surface area contributed by atoms with Crippen LogP contribution in [0.15, 0.2) is 97.1 Å². The normalized spacial score (nSPS) is 19.8. The van der Waals surface area contributed by atoms with E-state index >= 15 is 0 Å². The molecule has 1 unspecified atom stereocenters. The monoisotopic (exact) mass is 413 g/mol. The van der Waals surface area contributed by atoms with Crippen LogP contribution in [0.3, 0.4) is 0 Å². The van der Waals surface area contributed by atoms with E-state index in [0.717, 1.165) is 5.75 Å². The second-order valence-electron chi connectivity index (χ2n) is 7.49. The van der Waals surface area contributed by atoms with Gasteiger partial charge in [-0.05, 0) is 34.9 Å². The van der Waals surface area contributed by atoms with E-state index < -0.39 is 8.53 Å². The van der Waals surface area contributed by atoms with Gasteiger partial charge in [-0.15, -0.1) is 0 Å². The minimum atomic E-state index is -1.27. The summed E-state index contributed by atoms with van der Waals surface area (Å²) < 4.78 is 14.8. The lowest BCUT2D eigenvalue weighted by Gasteiger charge is -2.44. The fraction of sp³-hybridized carbons (Fsp3) is 0.154. The Morgan fingerprint density at radius 2 is 1.50 bits per heavy atom. The first-order chi connectivity index (χ1) is 14.8. The van der Waals surface area contributed by atoms with Crippen molar-refractivity contribution < 1.29 is 9.05 Å². The van der Waals surface area contributed by atoms with Gasteiger partial charge in [0.2, 0.25) is 0 Å². The maximum absolute atomic E-state index is 6.46. The van der Waals surface area contributed by atoms with E-state index in [4.69, 9.17) is 9.05 Å². The Balaban J connectivity index is 1.76. The second kappa shape index (κ2) is 8.20. The molecule has 0 aromatic heterocycles. The van der Waals surface area contributed by atoms with E-state index in [9.17, 15) is 0 Å². The van der Waals surface area contributed by atoms with Crippen molar-refractivity contribution in [3.8, 4) is 5.75 Å². The molecule has 150 valence electrons. The van der Waals surface area contributed by atoms with Crippen molar-refractivity contribution in [2.24, 2.45) is 0 Å². The van der Waals surface area contributed by atoms with Gasteiger partial charge in [-0.25, -0.2) is 4.67 Å². The highest BCUT2D eigenvalue weighted by Crippen LogP contribution is 2.60. The van der Waals surface area contributed by atoms with Crippen LogP contribution in [0.1, 0.15) is 35.7 Å². The summed E-state index contributed by atoms with van der Waals surface area (Å²) in [6.07, 6.45) is 0. The average Bonchev–Trinajstić information content (AvgIpc) is 2.83. The van der Waals surface area contributed by atoms with Gasteiger partial charge >= 0.3 is 8.53 Å². The summed E-state index contributed by atoms with van der Waals surface area (Å²) in [4.78, 5) is 0. The lowest BCUT2D eigenvalue weighted by Crippen LogP contribution is -2.33. The number of hydrogen-bond donors (Lipinski definition) is 0. The molecule has 0 fully saturated rings. The summed E-state index contributed by atoms with van der Waals surface area (Å²) in [6.45, 7) is 2.24. The molecule has 4 heteroatoms. The average molecular weight is 413 g/mol. The van der Waals surface area contributed by atoms with Crippen LogP contribution in [0.25, 0.3) is 10.8 Å². The van der Waals surface area contributed by atoms with Crippen LogP contribution in [0.2, 0.25) is 0 Å². The van der Waals surface area contributed by atoms with Gasteiger partial charge in [0.15, 0.2) is 0 Å². The minimum absolute atomic E-state index is 0.0299. The van der Waals surface area contributed by atoms with Crippen LogP contribution in [-0.4, -0.2) is 11.8 Å². The smallest absolute Gasteiger partial charge is 0.322 e. The first-order valence-corrected chi connectivity index (χ1v) is 11.3. The van der Waals surface area contributed by atoms with Gasteiger partial charge in [0, 0.05) is 18.7 Å². The molecule has 3 atom stereocenters. The number of nitrogens with zero attached hydrogens (tertiary/aromatic N) is 1. The number of hydrogen-bond acceptors (Lipinski definition) is 3. The Morgan fingerprint density at radius 3 is 2.23 bits per heavy atom. The molecule has 30 heavy (non-hydrogen) atoms. The largest absolute Gasteiger partial charge is 0.435 e. The molecule has 0 amide bonds. The van der Waals surface area contributed by atoms with Crippen LogP contribution < -0.4 is 4.52 Å². The molecule has 0 aliphatic carbocycles. The van der Waals surface area contributed by atoms with Crippen molar-refractivity contribution in [2.75, 3.05) is 7.11 Å². The fourth-order valence-electron chi connectivity index (χ4n) is 4.33. The standard InChI is InChI=1S/C26H24NO2P/c1-19(20-11-5-3-6-12-20)27-26(22-14-7-4-8-15-22)25-23-16-10-9-13-21(23)17-18-24(25)29-30(27)28-2/h3-19,26H,1-2H3/t19-,26-,30?/m1/s1. The van der Waals surface area contributed by atoms with Gasteiger partial charge in [-0.3, -0.25) is 0 Å². The predicted octanol–water partition coefficient (Wildman–Crippen LogP) is 7.26. The molecule has 0 radical (unpaired) electrons. The van der Waals surface area contributed by atoms with E-state index in [2.05, 4.69) is 109 Å². The third-order valence-corrected chi connectivity index (χ3v) is 7.40. The van der Waals surface area contributed by atoms with Crippen molar-refractivity contribution in [3.05, 3.63) is 114 Å². The second-order valence-corrected chi connectivity index (χ2v) is 8.98. The molecule has 5 rings (SSSR count).